The van der Waals surface area contributed by atoms with E-state index in [-0.39, 0.29) is 6.04 Å². The fourth-order valence-corrected chi connectivity index (χ4v) is 4.08. The summed E-state index contributed by atoms with van der Waals surface area (Å²) in [5.41, 5.74) is 3.18. The van der Waals surface area contributed by atoms with Gasteiger partial charge in [0.15, 0.2) is 5.82 Å². The molecule has 0 spiro atoms. The molecule has 3 aromatic heterocycles. The Bertz CT molecular complexity index is 1100. The van der Waals surface area contributed by atoms with Gasteiger partial charge in [-0.15, -0.1) is 0 Å². The highest BCUT2D eigenvalue weighted by Gasteiger charge is 2.33. The third-order valence-corrected chi connectivity index (χ3v) is 5.37. The fraction of sp³-hybridized carbons (Fsp3) is 0.217. The molecule has 1 saturated heterocycles. The molecule has 1 fully saturated rings. The van der Waals surface area contributed by atoms with Gasteiger partial charge < -0.3 is 4.90 Å². The van der Waals surface area contributed by atoms with E-state index >= 15 is 0 Å². The number of nitrogens with zero attached hydrogens (tertiary/aromatic N) is 5. The highest BCUT2D eigenvalue weighted by Crippen LogP contribution is 2.40. The first-order valence-electron chi connectivity index (χ1n) is 9.63. The minimum atomic E-state index is 0.271. The molecule has 0 aliphatic carbocycles. The van der Waals surface area contributed by atoms with E-state index in [1.165, 1.54) is 5.56 Å². The van der Waals surface area contributed by atoms with Crippen LogP contribution < -0.4 is 4.90 Å². The summed E-state index contributed by atoms with van der Waals surface area (Å²) < 4.78 is 0. The van der Waals surface area contributed by atoms with E-state index < -0.39 is 0 Å². The summed E-state index contributed by atoms with van der Waals surface area (Å²) in [5.74, 6) is 2.32. The van der Waals surface area contributed by atoms with E-state index in [1.807, 2.05) is 36.7 Å². The Kier molecular flexibility index (Phi) is 4.20. The van der Waals surface area contributed by atoms with Crippen LogP contribution in [0.15, 0.2) is 73.3 Å². The van der Waals surface area contributed by atoms with Gasteiger partial charge in [-0.05, 0) is 48.2 Å². The number of pyridine rings is 2. The van der Waals surface area contributed by atoms with Gasteiger partial charge in [0.1, 0.15) is 5.82 Å². The molecule has 1 aliphatic rings. The predicted molar refractivity (Wildman–Crippen MR) is 111 cm³/mol. The average molecular weight is 367 g/mol. The Morgan fingerprint density at radius 2 is 1.75 bits per heavy atom. The number of anilines is 1. The summed E-state index contributed by atoms with van der Waals surface area (Å²) in [6.07, 6.45) is 8.46. The van der Waals surface area contributed by atoms with Crippen LogP contribution in [0.4, 0.5) is 5.82 Å². The van der Waals surface area contributed by atoms with E-state index in [2.05, 4.69) is 46.1 Å². The maximum Gasteiger partial charge on any atom is 0.162 e. The quantitative estimate of drug-likeness (QED) is 0.526. The van der Waals surface area contributed by atoms with Gasteiger partial charge >= 0.3 is 0 Å². The van der Waals surface area contributed by atoms with Crippen molar-refractivity contribution in [2.45, 2.75) is 19.4 Å². The predicted octanol–water partition coefficient (Wildman–Crippen LogP) is 4.67. The van der Waals surface area contributed by atoms with Crippen molar-refractivity contribution in [2.24, 2.45) is 5.92 Å². The van der Waals surface area contributed by atoms with Gasteiger partial charge in [0.05, 0.1) is 11.6 Å². The highest BCUT2D eigenvalue weighted by atomic mass is 15.2. The lowest BCUT2D eigenvalue weighted by Gasteiger charge is -2.27. The molecule has 2 unspecified atom stereocenters. The number of hydrogen-bond donors (Lipinski definition) is 0. The summed E-state index contributed by atoms with van der Waals surface area (Å²) in [7, 11) is 0. The van der Waals surface area contributed by atoms with Gasteiger partial charge in [0.25, 0.3) is 0 Å². The van der Waals surface area contributed by atoms with Crippen molar-refractivity contribution in [1.29, 1.82) is 0 Å². The standard InChI is InChI=1S/C23H21N5/c1-16-13-21(18-5-4-10-25-14-18)28(15-16)23-19-6-2-3-7-20(19)26-22(27-23)17-8-11-24-12-9-17/h2-12,14,16,21H,13,15H2,1H3. The van der Waals surface area contributed by atoms with Crippen LogP contribution in [0.25, 0.3) is 22.3 Å². The minimum Gasteiger partial charge on any atom is -0.349 e. The van der Waals surface area contributed by atoms with Crippen LogP contribution in [-0.2, 0) is 0 Å². The van der Waals surface area contributed by atoms with Crippen molar-refractivity contribution >= 4 is 16.7 Å². The number of para-hydroxylation sites is 1. The van der Waals surface area contributed by atoms with Crippen LogP contribution in [-0.4, -0.2) is 26.5 Å². The Morgan fingerprint density at radius 3 is 2.57 bits per heavy atom. The van der Waals surface area contributed by atoms with Crippen molar-refractivity contribution in [3.05, 3.63) is 78.9 Å². The molecular weight excluding hydrogens is 346 g/mol. The number of aromatic nitrogens is 4. The number of rotatable bonds is 3. The first-order chi connectivity index (χ1) is 13.8. The summed E-state index contributed by atoms with van der Waals surface area (Å²) in [5, 5.41) is 1.09. The molecule has 0 N–H and O–H groups in total. The Morgan fingerprint density at radius 1 is 0.893 bits per heavy atom. The Labute approximate surface area is 164 Å². The molecule has 1 aliphatic heterocycles. The zero-order valence-corrected chi connectivity index (χ0v) is 15.7. The topological polar surface area (TPSA) is 54.8 Å². The number of fused-ring (bicyclic) bond motifs is 1. The molecule has 28 heavy (non-hydrogen) atoms. The van der Waals surface area contributed by atoms with Crippen molar-refractivity contribution in [3.63, 3.8) is 0 Å². The smallest absolute Gasteiger partial charge is 0.162 e. The van der Waals surface area contributed by atoms with Crippen molar-refractivity contribution in [3.8, 4) is 11.4 Å². The molecule has 0 bridgehead atoms. The Balaban J connectivity index is 1.69. The van der Waals surface area contributed by atoms with E-state index in [0.717, 1.165) is 41.1 Å². The minimum absolute atomic E-state index is 0.271. The maximum atomic E-state index is 5.03. The molecule has 0 radical (unpaired) electrons. The van der Waals surface area contributed by atoms with Gasteiger partial charge in [-0.25, -0.2) is 9.97 Å². The molecule has 4 aromatic rings. The number of benzene rings is 1. The average Bonchev–Trinajstić information content (AvgIpc) is 3.16. The molecule has 5 heteroatoms. The molecule has 0 amide bonds. The summed E-state index contributed by atoms with van der Waals surface area (Å²) in [6.45, 7) is 3.27. The molecule has 1 aromatic carbocycles. The van der Waals surface area contributed by atoms with Crippen molar-refractivity contribution < 1.29 is 0 Å². The van der Waals surface area contributed by atoms with E-state index in [9.17, 15) is 0 Å². The van der Waals surface area contributed by atoms with Gasteiger partial charge in [0.2, 0.25) is 0 Å². The largest absolute Gasteiger partial charge is 0.349 e. The molecular formula is C23H21N5. The summed E-state index contributed by atoms with van der Waals surface area (Å²) in [6, 6.07) is 16.6. The van der Waals surface area contributed by atoms with Crippen molar-refractivity contribution in [1.82, 2.24) is 19.9 Å². The second-order valence-electron chi connectivity index (χ2n) is 7.42. The zero-order valence-electron chi connectivity index (χ0n) is 15.7. The van der Waals surface area contributed by atoms with Crippen LogP contribution in [0.3, 0.4) is 0 Å². The van der Waals surface area contributed by atoms with Crippen LogP contribution in [0.1, 0.15) is 24.9 Å². The third kappa shape index (κ3) is 2.99. The fourth-order valence-electron chi connectivity index (χ4n) is 4.08. The molecule has 2 atom stereocenters. The van der Waals surface area contributed by atoms with Crippen LogP contribution in [0.5, 0.6) is 0 Å². The van der Waals surface area contributed by atoms with E-state index in [4.69, 9.17) is 9.97 Å². The van der Waals surface area contributed by atoms with Gasteiger partial charge in [0, 0.05) is 42.3 Å². The lowest BCUT2D eigenvalue weighted by molar-refractivity contribution is 0.617. The third-order valence-electron chi connectivity index (χ3n) is 5.37. The van der Waals surface area contributed by atoms with E-state index in [0.29, 0.717) is 5.92 Å². The van der Waals surface area contributed by atoms with E-state index in [1.54, 1.807) is 12.4 Å². The van der Waals surface area contributed by atoms with Gasteiger partial charge in [-0.3, -0.25) is 9.97 Å². The highest BCUT2D eigenvalue weighted by molar-refractivity contribution is 5.91. The van der Waals surface area contributed by atoms with Gasteiger partial charge in [-0.1, -0.05) is 25.1 Å². The van der Waals surface area contributed by atoms with Crippen LogP contribution in [0, 0.1) is 5.92 Å². The molecule has 5 rings (SSSR count). The molecule has 5 nitrogen and oxygen atoms in total. The molecule has 4 heterocycles. The first kappa shape index (κ1) is 16.8. The Hall–Kier alpha value is -3.34. The lowest BCUT2D eigenvalue weighted by atomic mass is 10.0. The summed E-state index contributed by atoms with van der Waals surface area (Å²) in [4.78, 5) is 20.7. The van der Waals surface area contributed by atoms with Crippen LogP contribution in [0.2, 0.25) is 0 Å². The summed E-state index contributed by atoms with van der Waals surface area (Å²) >= 11 is 0. The SMILES string of the molecule is CC1CC(c2cccnc2)N(c2nc(-c3ccncc3)nc3ccccc23)C1. The molecule has 138 valence electrons. The second kappa shape index (κ2) is 7.00. The van der Waals surface area contributed by atoms with Crippen molar-refractivity contribution in [2.75, 3.05) is 11.4 Å². The monoisotopic (exact) mass is 367 g/mol. The van der Waals surface area contributed by atoms with Gasteiger partial charge in [-0.2, -0.15) is 0 Å². The normalized spacial score (nSPS) is 19.2. The molecule has 0 saturated carbocycles. The lowest BCUT2D eigenvalue weighted by Crippen LogP contribution is -2.25. The zero-order chi connectivity index (χ0) is 18.9. The van der Waals surface area contributed by atoms with Crippen LogP contribution >= 0.6 is 0 Å². The number of hydrogen-bond acceptors (Lipinski definition) is 5. The first-order valence-corrected chi connectivity index (χ1v) is 9.63. The maximum absolute atomic E-state index is 5.03. The second-order valence-corrected chi connectivity index (χ2v) is 7.42.